The van der Waals surface area contributed by atoms with Crippen LogP contribution in [0.3, 0.4) is 0 Å². The van der Waals surface area contributed by atoms with Crippen molar-refractivity contribution in [3.63, 3.8) is 0 Å². The van der Waals surface area contributed by atoms with E-state index in [1.807, 2.05) is 12.1 Å². The van der Waals surface area contributed by atoms with Crippen LogP contribution in [0.2, 0.25) is 0 Å². The van der Waals surface area contributed by atoms with E-state index in [2.05, 4.69) is 23.3 Å². The molecule has 0 spiro atoms. The van der Waals surface area contributed by atoms with Crippen LogP contribution < -0.4 is 15.2 Å². The normalized spacial score (nSPS) is 17.5. The van der Waals surface area contributed by atoms with E-state index in [9.17, 15) is 0 Å². The van der Waals surface area contributed by atoms with E-state index in [1.165, 1.54) is 12.0 Å². The monoisotopic (exact) mass is 310 g/mol. The Bertz CT molecular complexity index is 786. The summed E-state index contributed by atoms with van der Waals surface area (Å²) in [5.41, 5.74) is 8.14. The maximum Gasteiger partial charge on any atom is 0.231 e. The van der Waals surface area contributed by atoms with Gasteiger partial charge in [-0.2, -0.15) is 10.4 Å². The van der Waals surface area contributed by atoms with Gasteiger partial charge in [0.25, 0.3) is 0 Å². The van der Waals surface area contributed by atoms with Crippen LogP contribution in [-0.2, 0) is 12.0 Å². The number of ether oxygens (including phenoxy) is 2. The zero-order valence-corrected chi connectivity index (χ0v) is 12.8. The number of anilines is 1. The third kappa shape index (κ3) is 2.12. The quantitative estimate of drug-likeness (QED) is 0.938. The van der Waals surface area contributed by atoms with Gasteiger partial charge in [0, 0.05) is 11.5 Å². The summed E-state index contributed by atoms with van der Waals surface area (Å²) < 4.78 is 12.6. The molecular weight excluding hydrogens is 292 g/mol. The molecule has 2 heterocycles. The first-order chi connectivity index (χ1) is 11.2. The minimum absolute atomic E-state index is 0.104. The van der Waals surface area contributed by atoms with Gasteiger partial charge in [0.2, 0.25) is 6.79 Å². The molecule has 2 aliphatic rings. The summed E-state index contributed by atoms with van der Waals surface area (Å²) in [5, 5.41) is 13.4. The van der Waals surface area contributed by atoms with Crippen molar-refractivity contribution in [3.8, 4) is 17.6 Å². The van der Waals surface area contributed by atoms with E-state index in [1.54, 1.807) is 4.68 Å². The predicted molar refractivity (Wildman–Crippen MR) is 84.1 cm³/mol. The number of hydrogen-bond donors (Lipinski definition) is 1. The number of nitriles is 1. The Morgan fingerprint density at radius 2 is 2.09 bits per heavy atom. The molecule has 1 aliphatic heterocycles. The molecule has 23 heavy (non-hydrogen) atoms. The van der Waals surface area contributed by atoms with Crippen LogP contribution in [0, 0.1) is 11.3 Å². The second-order valence-electron chi connectivity index (χ2n) is 6.09. The lowest BCUT2D eigenvalue weighted by molar-refractivity contribution is 0.173. The second kappa shape index (κ2) is 5.20. The predicted octanol–water partition coefficient (Wildman–Crippen LogP) is 2.58. The van der Waals surface area contributed by atoms with E-state index < -0.39 is 0 Å². The summed E-state index contributed by atoms with van der Waals surface area (Å²) in [7, 11) is 0. The Hall–Kier alpha value is -2.68. The zero-order chi connectivity index (χ0) is 15.9. The van der Waals surface area contributed by atoms with Crippen molar-refractivity contribution in [1.29, 1.82) is 5.26 Å². The van der Waals surface area contributed by atoms with Gasteiger partial charge in [-0.1, -0.05) is 12.5 Å². The average Bonchev–Trinajstić information content (AvgIpc) is 3.10. The van der Waals surface area contributed by atoms with E-state index >= 15 is 0 Å². The molecule has 1 aliphatic carbocycles. The third-order valence-electron chi connectivity index (χ3n) is 4.87. The summed E-state index contributed by atoms with van der Waals surface area (Å²) >= 11 is 0. The number of rotatable bonds is 4. The van der Waals surface area contributed by atoms with Crippen LogP contribution in [0.15, 0.2) is 24.3 Å². The van der Waals surface area contributed by atoms with E-state index in [0.29, 0.717) is 18.8 Å². The van der Waals surface area contributed by atoms with Crippen LogP contribution >= 0.6 is 0 Å². The van der Waals surface area contributed by atoms with Crippen LogP contribution in [0.4, 0.5) is 5.82 Å². The lowest BCUT2D eigenvalue weighted by atomic mass is 9.62. The van der Waals surface area contributed by atoms with Crippen molar-refractivity contribution < 1.29 is 9.47 Å². The van der Waals surface area contributed by atoms with Gasteiger partial charge in [0.1, 0.15) is 5.82 Å². The summed E-state index contributed by atoms with van der Waals surface area (Å²) in [6, 6.07) is 10.2. The Kier molecular flexibility index (Phi) is 3.15. The lowest BCUT2D eigenvalue weighted by Crippen LogP contribution is -2.36. The number of nitrogens with two attached hydrogens (primary N) is 1. The number of aryl methyl sites for hydroxylation is 1. The molecule has 1 aromatic carbocycles. The third-order valence-corrected chi connectivity index (χ3v) is 4.87. The summed E-state index contributed by atoms with van der Waals surface area (Å²) in [5.74, 6) is 2.20. The first-order valence-electron chi connectivity index (χ1n) is 7.84. The molecule has 1 aromatic heterocycles. The minimum atomic E-state index is -0.104. The fourth-order valence-electron chi connectivity index (χ4n) is 3.42. The lowest BCUT2D eigenvalue weighted by Gasteiger charge is -2.41. The summed E-state index contributed by atoms with van der Waals surface area (Å²) in [4.78, 5) is 0. The van der Waals surface area contributed by atoms with Gasteiger partial charge in [-0.3, -0.25) is 0 Å². The zero-order valence-electron chi connectivity index (χ0n) is 12.8. The largest absolute Gasteiger partial charge is 0.454 e. The number of nitrogens with zero attached hydrogens (tertiary/aromatic N) is 3. The number of nitrogen functional groups attached to an aromatic ring is 1. The molecule has 0 saturated heterocycles. The smallest absolute Gasteiger partial charge is 0.231 e. The SMILES string of the molecule is N#CCCn1nc(C2(c3ccc4c(c3)OCO4)CCC2)cc1N. The van der Waals surface area contributed by atoms with Crippen molar-refractivity contribution in [2.24, 2.45) is 0 Å². The molecule has 1 fully saturated rings. The second-order valence-corrected chi connectivity index (χ2v) is 6.09. The maximum absolute atomic E-state index is 8.75. The highest BCUT2D eigenvalue weighted by atomic mass is 16.7. The van der Waals surface area contributed by atoms with Crippen molar-refractivity contribution >= 4 is 5.82 Å². The highest BCUT2D eigenvalue weighted by Gasteiger charge is 2.43. The molecule has 2 aromatic rings. The molecule has 1 saturated carbocycles. The minimum Gasteiger partial charge on any atom is -0.454 e. The van der Waals surface area contributed by atoms with Crippen LogP contribution in [0.25, 0.3) is 0 Å². The van der Waals surface area contributed by atoms with Crippen LogP contribution in [-0.4, -0.2) is 16.6 Å². The van der Waals surface area contributed by atoms with E-state index in [-0.39, 0.29) is 12.2 Å². The molecule has 6 nitrogen and oxygen atoms in total. The topological polar surface area (TPSA) is 86.1 Å². The molecule has 0 amide bonds. The Balaban J connectivity index is 1.71. The molecule has 0 bridgehead atoms. The number of benzene rings is 1. The molecule has 118 valence electrons. The van der Waals surface area contributed by atoms with E-state index in [0.717, 1.165) is 30.0 Å². The average molecular weight is 310 g/mol. The van der Waals surface area contributed by atoms with Gasteiger partial charge in [-0.05, 0) is 30.5 Å². The molecular formula is C17H18N4O2. The molecule has 2 N–H and O–H groups in total. The summed E-state index contributed by atoms with van der Waals surface area (Å²) in [6.07, 6.45) is 3.66. The molecule has 4 rings (SSSR count). The highest BCUT2D eigenvalue weighted by Crippen LogP contribution is 2.50. The maximum atomic E-state index is 8.75. The first-order valence-corrected chi connectivity index (χ1v) is 7.84. The van der Waals surface area contributed by atoms with Gasteiger partial charge in [-0.15, -0.1) is 0 Å². The Morgan fingerprint density at radius 1 is 1.26 bits per heavy atom. The molecule has 0 radical (unpaired) electrons. The number of aromatic nitrogens is 2. The number of fused-ring (bicyclic) bond motifs is 1. The fourth-order valence-corrected chi connectivity index (χ4v) is 3.42. The number of hydrogen-bond acceptors (Lipinski definition) is 5. The molecule has 0 unspecified atom stereocenters. The van der Waals surface area contributed by atoms with Gasteiger partial charge in [-0.25, -0.2) is 4.68 Å². The standard InChI is InChI=1S/C17H18N4O2/c18-7-2-8-21-16(19)10-15(20-21)17(5-1-6-17)12-3-4-13-14(9-12)23-11-22-13/h3-4,9-10H,1-2,5-6,8,11,19H2. The fraction of sp³-hybridized carbons (Fsp3) is 0.412. The van der Waals surface area contributed by atoms with Crippen molar-refractivity contribution in [2.45, 2.75) is 37.6 Å². The van der Waals surface area contributed by atoms with Gasteiger partial charge >= 0.3 is 0 Å². The Morgan fingerprint density at radius 3 is 2.83 bits per heavy atom. The van der Waals surface area contributed by atoms with Gasteiger partial charge in [0.05, 0.1) is 24.7 Å². The van der Waals surface area contributed by atoms with Crippen molar-refractivity contribution in [3.05, 3.63) is 35.5 Å². The molecule has 6 heteroatoms. The highest BCUT2D eigenvalue weighted by molar-refractivity contribution is 5.51. The van der Waals surface area contributed by atoms with Gasteiger partial charge < -0.3 is 15.2 Å². The summed E-state index contributed by atoms with van der Waals surface area (Å²) in [6.45, 7) is 0.807. The van der Waals surface area contributed by atoms with E-state index in [4.69, 9.17) is 20.5 Å². The Labute approximate surface area is 134 Å². The van der Waals surface area contributed by atoms with Crippen LogP contribution in [0.1, 0.15) is 36.9 Å². The first kappa shape index (κ1) is 13.9. The van der Waals surface area contributed by atoms with Crippen molar-refractivity contribution in [1.82, 2.24) is 9.78 Å². The van der Waals surface area contributed by atoms with Gasteiger partial charge in [0.15, 0.2) is 11.5 Å². The van der Waals surface area contributed by atoms with Crippen molar-refractivity contribution in [2.75, 3.05) is 12.5 Å². The molecule has 0 atom stereocenters. The van der Waals surface area contributed by atoms with Crippen LogP contribution in [0.5, 0.6) is 11.5 Å².